The van der Waals surface area contributed by atoms with Gasteiger partial charge in [0, 0.05) is 12.8 Å². The molecule has 19 heteroatoms. The van der Waals surface area contributed by atoms with Gasteiger partial charge in [-0.2, -0.15) is 0 Å². The minimum atomic E-state index is -5.39. The summed E-state index contributed by atoms with van der Waals surface area (Å²) in [5, 5.41) is 51.5. The van der Waals surface area contributed by atoms with E-state index in [0.717, 1.165) is 51.4 Å². The van der Waals surface area contributed by atoms with E-state index in [-0.39, 0.29) is 25.7 Å². The zero-order chi connectivity index (χ0) is 47.6. The molecular weight excluding hydrogens is 874 g/mol. The Hall–Kier alpha value is -2.08. The Bertz CT molecular complexity index is 1450. The standard InChI is InChI=1S/C45H80O17P2/c1-3-5-7-9-11-13-15-17-19-21-23-25-27-30-36(46)31-29-33-39(48)60-37(34-58-38(47)32-28-26-24-22-20-18-16-14-12-10-8-6-4-2)35-59-64(56,57)62-45-42(51)40(49)41(50)44(43(45)52)61-63(53,54)55/h14,16-17,19,23,25,27,30,36-37,40-46,49-52H,3-13,15,18,20-22,24,26,28-29,31-35H2,1-2H3,(H,56,57)(H2,53,54,55)/b16-14-,19-17+,25-23+,30-27+/t36?,37-,40?,41?,42?,43?,44-,45+/m1/s1. The normalized spacial score (nSPS) is 22.7. The average Bonchev–Trinajstić information content (AvgIpc) is 3.24. The number of ether oxygens (including phenoxy) is 2. The molecule has 1 aliphatic rings. The van der Waals surface area contributed by atoms with Crippen LogP contribution in [-0.4, -0.2) is 114 Å². The summed E-state index contributed by atoms with van der Waals surface area (Å²) in [5.41, 5.74) is 0. The van der Waals surface area contributed by atoms with Gasteiger partial charge in [0.05, 0.1) is 12.7 Å². The van der Waals surface area contributed by atoms with Gasteiger partial charge >= 0.3 is 27.6 Å². The number of allylic oxidation sites excluding steroid dienone is 7. The van der Waals surface area contributed by atoms with Crippen LogP contribution in [0.2, 0.25) is 0 Å². The maximum absolute atomic E-state index is 13.0. The van der Waals surface area contributed by atoms with Crippen LogP contribution in [0, 0.1) is 0 Å². The van der Waals surface area contributed by atoms with Crippen LogP contribution in [0.1, 0.15) is 162 Å². The van der Waals surface area contributed by atoms with Gasteiger partial charge in [0.2, 0.25) is 0 Å². The number of carbonyl (C=O) groups is 2. The van der Waals surface area contributed by atoms with Crippen molar-refractivity contribution in [3.05, 3.63) is 48.6 Å². The molecule has 0 bridgehead atoms. The number of esters is 2. The third kappa shape index (κ3) is 30.3. The van der Waals surface area contributed by atoms with Gasteiger partial charge in [0.25, 0.3) is 0 Å². The molecule has 64 heavy (non-hydrogen) atoms. The monoisotopic (exact) mass is 954 g/mol. The fourth-order valence-electron chi connectivity index (χ4n) is 6.79. The zero-order valence-electron chi connectivity index (χ0n) is 38.1. The van der Waals surface area contributed by atoms with Crippen molar-refractivity contribution in [2.75, 3.05) is 13.2 Å². The molecule has 1 rings (SSSR count). The summed E-state index contributed by atoms with van der Waals surface area (Å²) in [6, 6.07) is 0. The maximum Gasteiger partial charge on any atom is 0.472 e. The molecule has 17 nitrogen and oxygen atoms in total. The van der Waals surface area contributed by atoms with Crippen molar-refractivity contribution in [1.29, 1.82) is 0 Å². The molecule has 6 unspecified atom stereocenters. The first-order valence-corrected chi connectivity index (χ1v) is 26.3. The third-order valence-corrected chi connectivity index (χ3v) is 12.0. The van der Waals surface area contributed by atoms with E-state index in [0.29, 0.717) is 6.42 Å². The number of phosphoric acid groups is 2. The van der Waals surface area contributed by atoms with Crippen molar-refractivity contribution >= 4 is 27.6 Å². The first-order valence-electron chi connectivity index (χ1n) is 23.3. The molecule has 8 N–H and O–H groups in total. The minimum absolute atomic E-state index is 0.0703. The molecule has 0 aliphatic heterocycles. The van der Waals surface area contributed by atoms with Crippen LogP contribution in [0.25, 0.3) is 0 Å². The molecule has 0 heterocycles. The number of hydrogen-bond acceptors (Lipinski definition) is 14. The Morgan fingerprint density at radius 1 is 0.578 bits per heavy atom. The van der Waals surface area contributed by atoms with Crippen molar-refractivity contribution in [3.63, 3.8) is 0 Å². The van der Waals surface area contributed by atoms with E-state index in [1.165, 1.54) is 64.2 Å². The highest BCUT2D eigenvalue weighted by Crippen LogP contribution is 2.49. The molecule has 0 aromatic heterocycles. The fourth-order valence-corrected chi connectivity index (χ4v) is 8.33. The largest absolute Gasteiger partial charge is 0.472 e. The summed E-state index contributed by atoms with van der Waals surface area (Å²) in [4.78, 5) is 54.2. The molecule has 1 aliphatic carbocycles. The summed E-state index contributed by atoms with van der Waals surface area (Å²) in [6.45, 7) is 2.91. The Morgan fingerprint density at radius 2 is 1.09 bits per heavy atom. The number of carbonyl (C=O) groups excluding carboxylic acids is 2. The van der Waals surface area contributed by atoms with Gasteiger partial charge in [-0.25, -0.2) is 9.13 Å². The highest BCUT2D eigenvalue weighted by atomic mass is 31.2. The third-order valence-electron chi connectivity index (χ3n) is 10.5. The van der Waals surface area contributed by atoms with Gasteiger partial charge in [-0.05, 0) is 64.2 Å². The summed E-state index contributed by atoms with van der Waals surface area (Å²) in [6.07, 6.45) is 21.0. The summed E-state index contributed by atoms with van der Waals surface area (Å²) < 4.78 is 49.2. The Morgan fingerprint density at radius 3 is 1.69 bits per heavy atom. The fraction of sp³-hybridized carbons (Fsp3) is 0.778. The van der Waals surface area contributed by atoms with E-state index in [4.69, 9.17) is 28.3 Å². The van der Waals surface area contributed by atoms with Gasteiger partial charge in [-0.15, -0.1) is 0 Å². The minimum Gasteiger partial charge on any atom is -0.462 e. The smallest absolute Gasteiger partial charge is 0.462 e. The zero-order valence-corrected chi connectivity index (χ0v) is 39.9. The molecule has 0 radical (unpaired) electrons. The van der Waals surface area contributed by atoms with Crippen molar-refractivity contribution < 1.29 is 82.0 Å². The lowest BCUT2D eigenvalue weighted by atomic mass is 9.85. The first kappa shape index (κ1) is 59.9. The van der Waals surface area contributed by atoms with E-state index >= 15 is 0 Å². The molecule has 372 valence electrons. The average molecular weight is 955 g/mol. The molecule has 0 amide bonds. The van der Waals surface area contributed by atoms with Crippen LogP contribution >= 0.6 is 15.6 Å². The second-order valence-electron chi connectivity index (χ2n) is 16.3. The lowest BCUT2D eigenvalue weighted by Gasteiger charge is -2.43. The number of unbranched alkanes of at least 4 members (excludes halogenated alkanes) is 15. The number of aliphatic hydroxyl groups is 5. The molecule has 0 aromatic carbocycles. The molecule has 9 atom stereocenters. The van der Waals surface area contributed by atoms with Crippen LogP contribution in [0.15, 0.2) is 48.6 Å². The van der Waals surface area contributed by atoms with Crippen LogP contribution in [0.4, 0.5) is 0 Å². The number of phosphoric ester groups is 2. The van der Waals surface area contributed by atoms with Crippen LogP contribution in [-0.2, 0) is 41.8 Å². The first-order chi connectivity index (χ1) is 30.5. The van der Waals surface area contributed by atoms with Gasteiger partial charge in [-0.3, -0.25) is 23.2 Å². The van der Waals surface area contributed by atoms with Crippen LogP contribution in [0.5, 0.6) is 0 Å². The van der Waals surface area contributed by atoms with Gasteiger partial charge < -0.3 is 49.7 Å². The summed E-state index contributed by atoms with van der Waals surface area (Å²) in [5.74, 6) is -1.41. The van der Waals surface area contributed by atoms with E-state index in [1.807, 2.05) is 12.2 Å². The summed E-state index contributed by atoms with van der Waals surface area (Å²) in [7, 11) is -10.7. The van der Waals surface area contributed by atoms with E-state index < -0.39 is 89.6 Å². The van der Waals surface area contributed by atoms with Crippen molar-refractivity contribution in [1.82, 2.24) is 0 Å². The molecule has 0 spiro atoms. The Balaban J connectivity index is 2.70. The van der Waals surface area contributed by atoms with Gasteiger partial charge in [0.15, 0.2) is 6.10 Å². The predicted molar refractivity (Wildman–Crippen MR) is 243 cm³/mol. The van der Waals surface area contributed by atoms with E-state index in [1.54, 1.807) is 12.2 Å². The second kappa shape index (κ2) is 36.0. The molecular formula is C45H80O17P2. The van der Waals surface area contributed by atoms with Crippen molar-refractivity contribution in [3.8, 4) is 0 Å². The quantitative estimate of drug-likeness (QED) is 0.00979. The summed E-state index contributed by atoms with van der Waals surface area (Å²) >= 11 is 0. The predicted octanol–water partition coefficient (Wildman–Crippen LogP) is 7.48. The lowest BCUT2D eigenvalue weighted by Crippen LogP contribution is -2.64. The number of hydrogen-bond donors (Lipinski definition) is 8. The Kier molecular flexibility index (Phi) is 33.7. The molecule has 1 fully saturated rings. The van der Waals surface area contributed by atoms with Crippen LogP contribution < -0.4 is 0 Å². The lowest BCUT2D eigenvalue weighted by molar-refractivity contribution is -0.216. The highest BCUT2D eigenvalue weighted by molar-refractivity contribution is 7.47. The van der Waals surface area contributed by atoms with Gasteiger partial charge in [0.1, 0.15) is 43.2 Å². The number of aliphatic hydroxyl groups excluding tert-OH is 5. The highest BCUT2D eigenvalue weighted by Gasteiger charge is 2.54. The van der Waals surface area contributed by atoms with Crippen LogP contribution in [0.3, 0.4) is 0 Å². The van der Waals surface area contributed by atoms with E-state index in [9.17, 15) is 49.1 Å². The van der Waals surface area contributed by atoms with E-state index in [2.05, 4.69) is 42.7 Å². The number of rotatable bonds is 38. The SMILES string of the molecule is CCCCCC/C=C\CCCCCCCC(=O)OC[C@H](COP(=O)(O)O[C@H]1C(O)C(O)C(O)[C@@H](OP(=O)(O)O)C1O)OC(=O)CCCC(O)/C=C/C=C/C/C=C/CCCCCCCC. The topological polar surface area (TPSA) is 276 Å². The van der Waals surface area contributed by atoms with Gasteiger partial charge in [-0.1, -0.05) is 133 Å². The maximum atomic E-state index is 13.0. The Labute approximate surface area is 380 Å². The molecule has 0 aromatic rings. The molecule has 1 saturated carbocycles. The second-order valence-corrected chi connectivity index (χ2v) is 18.9. The van der Waals surface area contributed by atoms with Crippen molar-refractivity contribution in [2.24, 2.45) is 0 Å². The van der Waals surface area contributed by atoms with Crippen molar-refractivity contribution in [2.45, 2.75) is 210 Å². The molecule has 0 saturated heterocycles.